The highest BCUT2D eigenvalue weighted by Crippen LogP contribution is 2.20. The minimum atomic E-state index is 0.927. The van der Waals surface area contributed by atoms with Crippen LogP contribution in [0.2, 0.25) is 0 Å². The normalized spacial score (nSPS) is 17.9. The molecule has 0 N–H and O–H groups in total. The fourth-order valence-electron chi connectivity index (χ4n) is 0.791. The van der Waals surface area contributed by atoms with Crippen molar-refractivity contribution in [1.82, 2.24) is 0 Å². The summed E-state index contributed by atoms with van der Waals surface area (Å²) in [6.07, 6.45) is 9.11. The zero-order valence-electron chi connectivity index (χ0n) is 4.78. The van der Waals surface area contributed by atoms with Gasteiger partial charge in [-0.25, -0.2) is 0 Å². The molecule has 40 valence electrons. The van der Waals surface area contributed by atoms with Crippen molar-refractivity contribution in [3.05, 3.63) is 23.8 Å². The molecule has 0 saturated heterocycles. The van der Waals surface area contributed by atoms with E-state index in [1.807, 2.05) is 0 Å². The number of terminal acetylenes is 1. The minimum absolute atomic E-state index is 0.927. The van der Waals surface area contributed by atoms with Gasteiger partial charge in [0.15, 0.2) is 0 Å². The largest absolute Gasteiger partial charge is 0.115 e. The van der Waals surface area contributed by atoms with Crippen LogP contribution >= 0.6 is 0 Å². The molecular formula is C8H8. The third-order valence-electron chi connectivity index (χ3n) is 1.26. The maximum Gasteiger partial charge on any atom is 0.00214 e. The minimum Gasteiger partial charge on any atom is -0.115 e. The summed E-state index contributed by atoms with van der Waals surface area (Å²) in [7, 11) is 0. The van der Waals surface area contributed by atoms with Crippen molar-refractivity contribution in [3.63, 3.8) is 0 Å². The van der Waals surface area contributed by atoms with Crippen LogP contribution in [0.25, 0.3) is 0 Å². The second kappa shape index (κ2) is 1.88. The summed E-state index contributed by atoms with van der Waals surface area (Å²) >= 11 is 0. The molecule has 0 amide bonds. The van der Waals surface area contributed by atoms with Crippen LogP contribution in [0, 0.1) is 12.3 Å². The van der Waals surface area contributed by atoms with Crippen molar-refractivity contribution in [1.29, 1.82) is 0 Å². The number of rotatable bonds is 0. The van der Waals surface area contributed by atoms with Crippen molar-refractivity contribution in [2.45, 2.75) is 12.8 Å². The Kier molecular flexibility index (Phi) is 1.22. The van der Waals surface area contributed by atoms with E-state index in [0.717, 1.165) is 18.4 Å². The summed E-state index contributed by atoms with van der Waals surface area (Å²) < 4.78 is 0. The van der Waals surface area contributed by atoms with Crippen LogP contribution in [0.4, 0.5) is 0 Å². The Morgan fingerprint density at radius 1 is 1.75 bits per heavy atom. The van der Waals surface area contributed by atoms with Crippen LogP contribution in [0.3, 0.4) is 0 Å². The lowest BCUT2D eigenvalue weighted by atomic mass is 10.2. The van der Waals surface area contributed by atoms with Crippen LogP contribution in [-0.4, -0.2) is 0 Å². The summed E-state index contributed by atoms with van der Waals surface area (Å²) in [5.41, 5.74) is 2.33. The van der Waals surface area contributed by atoms with Crippen LogP contribution in [0.5, 0.6) is 0 Å². The molecule has 8 heavy (non-hydrogen) atoms. The lowest BCUT2D eigenvalue weighted by Crippen LogP contribution is -1.69. The third kappa shape index (κ3) is 0.816. The molecule has 0 heterocycles. The van der Waals surface area contributed by atoms with Crippen LogP contribution < -0.4 is 0 Å². The summed E-state index contributed by atoms with van der Waals surface area (Å²) in [5, 5.41) is 0. The fourth-order valence-corrected chi connectivity index (χ4v) is 0.791. The second-order valence-corrected chi connectivity index (χ2v) is 2.00. The van der Waals surface area contributed by atoms with E-state index >= 15 is 0 Å². The standard InChI is InChI=1S/C8H8/c1-3-8-5-4-7(2)6-8/h1,5H,2,4,6H2. The predicted octanol–water partition coefficient (Wildman–Crippen LogP) is 1.90. The van der Waals surface area contributed by atoms with Crippen LogP contribution in [0.15, 0.2) is 23.8 Å². The van der Waals surface area contributed by atoms with E-state index in [-0.39, 0.29) is 0 Å². The lowest BCUT2D eigenvalue weighted by Gasteiger charge is -1.85. The Hall–Kier alpha value is -0.960. The molecule has 0 spiro atoms. The Bertz CT molecular complexity index is 177. The molecule has 1 aliphatic rings. The van der Waals surface area contributed by atoms with Crippen molar-refractivity contribution in [3.8, 4) is 12.3 Å². The lowest BCUT2D eigenvalue weighted by molar-refractivity contribution is 1.19. The van der Waals surface area contributed by atoms with Gasteiger partial charge < -0.3 is 0 Å². The Morgan fingerprint density at radius 2 is 2.50 bits per heavy atom. The first-order valence-corrected chi connectivity index (χ1v) is 2.65. The molecule has 0 aliphatic heterocycles. The first kappa shape index (κ1) is 5.18. The van der Waals surface area contributed by atoms with Gasteiger partial charge in [-0.1, -0.05) is 24.1 Å². The highest BCUT2D eigenvalue weighted by molar-refractivity contribution is 5.36. The maximum absolute atomic E-state index is 5.14. The van der Waals surface area contributed by atoms with Gasteiger partial charge >= 0.3 is 0 Å². The summed E-state index contributed by atoms with van der Waals surface area (Å²) in [5.74, 6) is 2.59. The summed E-state index contributed by atoms with van der Waals surface area (Å²) in [4.78, 5) is 0. The zero-order chi connectivity index (χ0) is 5.98. The zero-order valence-corrected chi connectivity index (χ0v) is 4.78. The van der Waals surface area contributed by atoms with Gasteiger partial charge in [-0.15, -0.1) is 6.42 Å². The van der Waals surface area contributed by atoms with Crippen molar-refractivity contribution in [2.24, 2.45) is 0 Å². The summed E-state index contributed by atoms with van der Waals surface area (Å²) in [6, 6.07) is 0. The smallest absolute Gasteiger partial charge is 0.00214 e. The van der Waals surface area contributed by atoms with Crippen molar-refractivity contribution >= 4 is 0 Å². The molecule has 0 nitrogen and oxygen atoms in total. The van der Waals surface area contributed by atoms with Crippen molar-refractivity contribution < 1.29 is 0 Å². The molecule has 0 atom stereocenters. The Balaban J connectivity index is 2.66. The predicted molar refractivity (Wildman–Crippen MR) is 35.3 cm³/mol. The molecule has 1 rings (SSSR count). The van der Waals surface area contributed by atoms with Gasteiger partial charge in [-0.2, -0.15) is 0 Å². The molecule has 0 aromatic heterocycles. The number of allylic oxidation sites excluding steroid dienone is 3. The van der Waals surface area contributed by atoms with Crippen LogP contribution in [0.1, 0.15) is 12.8 Å². The van der Waals surface area contributed by atoms with E-state index in [4.69, 9.17) is 6.42 Å². The van der Waals surface area contributed by atoms with E-state index in [9.17, 15) is 0 Å². The van der Waals surface area contributed by atoms with Gasteiger partial charge in [0.2, 0.25) is 0 Å². The molecule has 0 aromatic carbocycles. The van der Waals surface area contributed by atoms with Gasteiger partial charge in [0, 0.05) is 12.0 Å². The van der Waals surface area contributed by atoms with Gasteiger partial charge in [-0.3, -0.25) is 0 Å². The van der Waals surface area contributed by atoms with E-state index in [2.05, 4.69) is 18.6 Å². The second-order valence-electron chi connectivity index (χ2n) is 2.00. The summed E-state index contributed by atoms with van der Waals surface area (Å²) in [6.45, 7) is 3.80. The average Bonchev–Trinajstić information content (AvgIpc) is 2.14. The van der Waals surface area contributed by atoms with Gasteiger partial charge in [0.1, 0.15) is 0 Å². The highest BCUT2D eigenvalue weighted by Gasteiger charge is 2.03. The van der Waals surface area contributed by atoms with E-state index in [1.165, 1.54) is 5.57 Å². The van der Waals surface area contributed by atoms with Crippen LogP contribution in [-0.2, 0) is 0 Å². The number of hydrogen-bond acceptors (Lipinski definition) is 0. The molecule has 0 heteroatoms. The SMILES string of the molecule is C#CC1=CCC(=C)C1. The van der Waals surface area contributed by atoms with E-state index in [1.54, 1.807) is 0 Å². The monoisotopic (exact) mass is 104 g/mol. The number of hydrogen-bond donors (Lipinski definition) is 0. The van der Waals surface area contributed by atoms with E-state index in [0.29, 0.717) is 0 Å². The molecule has 0 saturated carbocycles. The average molecular weight is 104 g/mol. The fraction of sp³-hybridized carbons (Fsp3) is 0.250. The quantitative estimate of drug-likeness (QED) is 0.325. The molecule has 1 aliphatic carbocycles. The molecule has 0 aromatic rings. The molecule has 0 bridgehead atoms. The molecule has 0 fully saturated rings. The van der Waals surface area contributed by atoms with Gasteiger partial charge in [0.25, 0.3) is 0 Å². The molecule has 0 radical (unpaired) electrons. The van der Waals surface area contributed by atoms with Gasteiger partial charge in [-0.05, 0) is 6.42 Å². The van der Waals surface area contributed by atoms with E-state index < -0.39 is 0 Å². The first-order chi connectivity index (χ1) is 3.83. The Labute approximate surface area is 49.9 Å². The van der Waals surface area contributed by atoms with Crippen molar-refractivity contribution in [2.75, 3.05) is 0 Å². The highest BCUT2D eigenvalue weighted by atomic mass is 14.1. The third-order valence-corrected chi connectivity index (χ3v) is 1.26. The first-order valence-electron chi connectivity index (χ1n) is 2.65. The Morgan fingerprint density at radius 3 is 2.75 bits per heavy atom. The maximum atomic E-state index is 5.14. The molecular weight excluding hydrogens is 96.1 g/mol. The topological polar surface area (TPSA) is 0 Å². The van der Waals surface area contributed by atoms with Gasteiger partial charge in [0.05, 0.1) is 0 Å². The molecule has 0 unspecified atom stereocenters.